The van der Waals surface area contributed by atoms with Crippen molar-refractivity contribution in [2.45, 2.75) is 52.3 Å². The second-order valence-electron chi connectivity index (χ2n) is 9.36. The van der Waals surface area contributed by atoms with Gasteiger partial charge in [-0.15, -0.1) is 0 Å². The zero-order valence-corrected chi connectivity index (χ0v) is 21.5. The van der Waals surface area contributed by atoms with E-state index < -0.39 is 0 Å². The van der Waals surface area contributed by atoms with Crippen LogP contribution in [0.15, 0.2) is 42.6 Å². The van der Waals surface area contributed by atoms with E-state index in [4.69, 9.17) is 9.47 Å². The largest absolute Gasteiger partial charge is 0.491 e. The van der Waals surface area contributed by atoms with Crippen molar-refractivity contribution >= 4 is 17.5 Å². The van der Waals surface area contributed by atoms with E-state index in [2.05, 4.69) is 29.0 Å². The number of aromatic nitrogens is 1. The Morgan fingerprint density at radius 2 is 2.03 bits per heavy atom. The van der Waals surface area contributed by atoms with Gasteiger partial charge < -0.3 is 19.7 Å². The highest BCUT2D eigenvalue weighted by atomic mass is 16.5. The summed E-state index contributed by atoms with van der Waals surface area (Å²) < 4.78 is 12.1. The van der Waals surface area contributed by atoms with E-state index in [9.17, 15) is 9.59 Å². The van der Waals surface area contributed by atoms with Crippen molar-refractivity contribution in [3.05, 3.63) is 53.9 Å². The third-order valence-corrected chi connectivity index (χ3v) is 6.43. The molecule has 1 N–H and O–H groups in total. The third kappa shape index (κ3) is 7.26. The van der Waals surface area contributed by atoms with Gasteiger partial charge in [0.2, 0.25) is 5.91 Å². The topological polar surface area (TPSA) is 84.0 Å². The number of anilines is 1. The maximum atomic E-state index is 13.3. The highest BCUT2D eigenvalue weighted by Crippen LogP contribution is 2.27. The van der Waals surface area contributed by atoms with Gasteiger partial charge in [0.25, 0.3) is 5.91 Å². The Bertz CT molecular complexity index is 984. The van der Waals surface area contributed by atoms with Crippen LogP contribution in [0.25, 0.3) is 0 Å². The van der Waals surface area contributed by atoms with Crippen molar-refractivity contribution in [1.29, 1.82) is 0 Å². The molecule has 3 rings (SSSR count). The summed E-state index contributed by atoms with van der Waals surface area (Å²) in [7, 11) is 3.47. The molecule has 0 aliphatic carbocycles. The minimum absolute atomic E-state index is 0.0513. The number of benzene rings is 1. The number of pyridine rings is 1. The van der Waals surface area contributed by atoms with E-state index in [0.717, 1.165) is 18.7 Å². The standard InChI is InChI=1S/C27H38N4O4/c1-6-9-26(32)29-21-11-12-23-24(14-21)35-18-20(3)31(16-22-10-7-8-13-28-22)15-19(2)25(34-5)17-30(4)27(23)33/h7-8,10-14,19-20,25H,6,9,15-18H2,1-5H3,(H,29,32)/t19-,20-,25-/m0/s1. The molecule has 3 atom stereocenters. The Kier molecular flexibility index (Phi) is 9.63. The molecule has 0 unspecified atom stereocenters. The number of ether oxygens (including phenoxy) is 2. The number of nitrogens with zero attached hydrogens (tertiary/aromatic N) is 3. The van der Waals surface area contributed by atoms with Crippen molar-refractivity contribution in [3.63, 3.8) is 0 Å². The predicted octanol–water partition coefficient (Wildman–Crippen LogP) is 3.83. The number of likely N-dealkylation sites (N-methyl/N-ethyl adjacent to an activating group) is 1. The van der Waals surface area contributed by atoms with Crippen LogP contribution in [0.3, 0.4) is 0 Å². The van der Waals surface area contributed by atoms with Gasteiger partial charge in [0.15, 0.2) is 0 Å². The molecule has 0 saturated carbocycles. The smallest absolute Gasteiger partial charge is 0.257 e. The van der Waals surface area contributed by atoms with Gasteiger partial charge in [-0.05, 0) is 43.5 Å². The molecule has 1 aromatic carbocycles. The fraction of sp³-hybridized carbons (Fsp3) is 0.519. The lowest BCUT2D eigenvalue weighted by molar-refractivity contribution is -0.116. The average Bonchev–Trinajstić information content (AvgIpc) is 2.85. The summed E-state index contributed by atoms with van der Waals surface area (Å²) >= 11 is 0. The van der Waals surface area contributed by atoms with Gasteiger partial charge in [-0.25, -0.2) is 0 Å². The number of carbonyl (C=O) groups is 2. The number of nitrogens with one attached hydrogen (secondary N) is 1. The lowest BCUT2D eigenvalue weighted by atomic mass is 10.0. The molecule has 190 valence electrons. The average molecular weight is 483 g/mol. The Morgan fingerprint density at radius 1 is 1.23 bits per heavy atom. The fourth-order valence-corrected chi connectivity index (χ4v) is 4.30. The van der Waals surface area contributed by atoms with E-state index in [-0.39, 0.29) is 29.9 Å². The van der Waals surface area contributed by atoms with Crippen LogP contribution in [0.2, 0.25) is 0 Å². The van der Waals surface area contributed by atoms with Crippen molar-refractivity contribution in [3.8, 4) is 5.75 Å². The summed E-state index contributed by atoms with van der Waals surface area (Å²) in [6.45, 7) is 8.51. The number of hydrogen-bond donors (Lipinski definition) is 1. The molecule has 0 bridgehead atoms. The quantitative estimate of drug-likeness (QED) is 0.674. The number of amides is 2. The van der Waals surface area contributed by atoms with Crippen molar-refractivity contribution < 1.29 is 19.1 Å². The molecule has 0 spiro atoms. The monoisotopic (exact) mass is 482 g/mol. The van der Waals surface area contributed by atoms with Crippen LogP contribution in [0.1, 0.15) is 49.7 Å². The van der Waals surface area contributed by atoms with E-state index in [1.54, 1.807) is 43.5 Å². The lowest BCUT2D eigenvalue weighted by Crippen LogP contribution is -2.46. The molecule has 0 saturated heterocycles. The molecule has 1 aromatic heterocycles. The van der Waals surface area contributed by atoms with Gasteiger partial charge in [-0.1, -0.05) is 19.9 Å². The summed E-state index contributed by atoms with van der Waals surface area (Å²) in [5, 5.41) is 2.90. The maximum absolute atomic E-state index is 13.3. The zero-order valence-electron chi connectivity index (χ0n) is 21.5. The molecule has 8 heteroatoms. The molecule has 2 amide bonds. The summed E-state index contributed by atoms with van der Waals surface area (Å²) in [5.41, 5.74) is 2.07. The van der Waals surface area contributed by atoms with Crippen LogP contribution >= 0.6 is 0 Å². The van der Waals surface area contributed by atoms with Crippen LogP contribution in [0.5, 0.6) is 5.75 Å². The second kappa shape index (κ2) is 12.7. The van der Waals surface area contributed by atoms with Gasteiger partial charge in [0.1, 0.15) is 12.4 Å². The van der Waals surface area contributed by atoms with Crippen molar-refractivity contribution in [2.75, 3.05) is 39.2 Å². The first-order valence-corrected chi connectivity index (χ1v) is 12.3. The number of hydrogen-bond acceptors (Lipinski definition) is 6. The van der Waals surface area contributed by atoms with Crippen LogP contribution in [0, 0.1) is 5.92 Å². The normalized spacial score (nSPS) is 21.9. The van der Waals surface area contributed by atoms with Crippen LogP contribution < -0.4 is 10.1 Å². The number of fused-ring (bicyclic) bond motifs is 1. The Labute approximate surface area is 208 Å². The van der Waals surface area contributed by atoms with Crippen molar-refractivity contribution in [1.82, 2.24) is 14.8 Å². The summed E-state index contributed by atoms with van der Waals surface area (Å²) in [4.78, 5) is 34.0. The first-order valence-electron chi connectivity index (χ1n) is 12.3. The minimum atomic E-state index is -0.140. The summed E-state index contributed by atoms with van der Waals surface area (Å²) in [6, 6.07) is 11.2. The zero-order chi connectivity index (χ0) is 25.4. The Morgan fingerprint density at radius 3 is 2.71 bits per heavy atom. The molecule has 2 aromatic rings. The molecule has 35 heavy (non-hydrogen) atoms. The van der Waals surface area contributed by atoms with Crippen LogP contribution in [0.4, 0.5) is 5.69 Å². The summed E-state index contributed by atoms with van der Waals surface area (Å²) in [5.74, 6) is 0.440. The minimum Gasteiger partial charge on any atom is -0.491 e. The van der Waals surface area contributed by atoms with Gasteiger partial charge >= 0.3 is 0 Å². The van der Waals surface area contributed by atoms with E-state index in [1.165, 1.54) is 0 Å². The van der Waals surface area contributed by atoms with Crippen LogP contribution in [-0.4, -0.2) is 72.6 Å². The van der Waals surface area contributed by atoms with Gasteiger partial charge in [0.05, 0.1) is 17.4 Å². The Hall–Kier alpha value is -2.97. The van der Waals surface area contributed by atoms with Gasteiger partial charge in [-0.2, -0.15) is 0 Å². The van der Waals surface area contributed by atoms with Gasteiger partial charge in [-0.3, -0.25) is 19.5 Å². The predicted molar refractivity (Wildman–Crippen MR) is 137 cm³/mol. The second-order valence-corrected chi connectivity index (χ2v) is 9.36. The van der Waals surface area contributed by atoms with E-state index in [1.807, 2.05) is 25.1 Å². The van der Waals surface area contributed by atoms with Crippen molar-refractivity contribution in [2.24, 2.45) is 5.92 Å². The molecule has 0 fully saturated rings. The lowest BCUT2D eigenvalue weighted by Gasteiger charge is -2.35. The van der Waals surface area contributed by atoms with Gasteiger partial charge in [0, 0.05) is 64.2 Å². The first-order chi connectivity index (χ1) is 16.8. The van der Waals surface area contributed by atoms with Crippen LogP contribution in [-0.2, 0) is 16.1 Å². The molecule has 0 radical (unpaired) electrons. The van der Waals surface area contributed by atoms with E-state index in [0.29, 0.717) is 43.1 Å². The molecule has 1 aliphatic rings. The number of rotatable bonds is 6. The molecular weight excluding hydrogens is 444 g/mol. The molecule has 2 heterocycles. The molecule has 8 nitrogen and oxygen atoms in total. The molecular formula is C27H38N4O4. The number of carbonyl (C=O) groups excluding carboxylic acids is 2. The Balaban J connectivity index is 1.92. The van der Waals surface area contributed by atoms with E-state index >= 15 is 0 Å². The maximum Gasteiger partial charge on any atom is 0.257 e. The first kappa shape index (κ1) is 26.6. The number of methoxy groups -OCH3 is 1. The SMILES string of the molecule is CCCC(=O)Nc1ccc2c(c1)OC[C@H](C)N(Cc1ccccn1)C[C@H](C)[C@@H](OC)CN(C)C2=O. The summed E-state index contributed by atoms with van der Waals surface area (Å²) in [6.07, 6.45) is 2.88. The highest BCUT2D eigenvalue weighted by molar-refractivity contribution is 5.98. The fourth-order valence-electron chi connectivity index (χ4n) is 4.30. The molecule has 1 aliphatic heterocycles. The third-order valence-electron chi connectivity index (χ3n) is 6.43. The highest BCUT2D eigenvalue weighted by Gasteiger charge is 2.28.